The van der Waals surface area contributed by atoms with Gasteiger partial charge in [0, 0.05) is 67.9 Å². The molecule has 76 heavy (non-hydrogen) atoms. The summed E-state index contributed by atoms with van der Waals surface area (Å²) in [6, 6.07) is 34.0. The fourth-order valence-electron chi connectivity index (χ4n) is 8.39. The number of carbonyl (C=O) groups excluding carboxylic acids is 4. The second-order valence-electron chi connectivity index (χ2n) is 16.6. The van der Waals surface area contributed by atoms with Gasteiger partial charge in [-0.2, -0.15) is 5.26 Å². The minimum atomic E-state index is -0.611. The smallest absolute Gasteiger partial charge is 0.337 e. The molecule has 2 aromatic carbocycles. The van der Waals surface area contributed by atoms with Crippen LogP contribution in [0.2, 0.25) is 0 Å². The number of alkyl halides is 1. The molecule has 0 bridgehead atoms. The maximum absolute atomic E-state index is 12.5. The van der Waals surface area contributed by atoms with Crippen molar-refractivity contribution in [3.8, 4) is 17.6 Å². The second-order valence-corrected chi connectivity index (χ2v) is 16.9. The van der Waals surface area contributed by atoms with Crippen molar-refractivity contribution in [1.82, 2.24) is 18.2 Å². The minimum absolute atomic E-state index is 0.0920. The molecule has 9 heterocycles. The first kappa shape index (κ1) is 52.1. The molecule has 19 heteroatoms. The molecule has 9 aromatic rings. The number of rotatable bonds is 9. The van der Waals surface area contributed by atoms with Gasteiger partial charge in [0.15, 0.2) is 19.0 Å². The molecule has 0 atom stereocenters. The number of pyridine rings is 4. The summed E-state index contributed by atoms with van der Waals surface area (Å²) in [5, 5.41) is 17.3. The number of aliphatic hydroxyl groups is 1. The van der Waals surface area contributed by atoms with E-state index in [0.29, 0.717) is 68.9 Å². The Morgan fingerprint density at radius 2 is 1.14 bits per heavy atom. The largest absolute Gasteiger partial charge is 0.482 e. The highest BCUT2D eigenvalue weighted by Crippen LogP contribution is 2.39. The normalized spacial score (nSPS) is 12.0. The van der Waals surface area contributed by atoms with Crippen molar-refractivity contribution in [1.29, 1.82) is 5.26 Å². The van der Waals surface area contributed by atoms with E-state index in [0.717, 1.165) is 33.4 Å². The Morgan fingerprint density at radius 3 is 1.58 bits per heavy atom. The Labute approximate surface area is 440 Å². The fourth-order valence-corrected chi connectivity index (χ4v) is 8.59. The lowest BCUT2D eigenvalue weighted by molar-refractivity contribution is -0.122. The van der Waals surface area contributed by atoms with Gasteiger partial charge in [-0.3, -0.25) is 19.4 Å². The lowest BCUT2D eigenvalue weighted by Gasteiger charge is -2.29. The van der Waals surface area contributed by atoms with E-state index in [1.807, 2.05) is 129 Å². The molecule has 7 aromatic heterocycles. The van der Waals surface area contributed by atoms with Crippen LogP contribution in [-0.2, 0) is 39.7 Å². The lowest BCUT2D eigenvalue weighted by atomic mass is 10.1. The van der Waals surface area contributed by atoms with Gasteiger partial charge in [-0.25, -0.2) is 19.3 Å². The van der Waals surface area contributed by atoms with Gasteiger partial charge >= 0.3 is 5.97 Å². The summed E-state index contributed by atoms with van der Waals surface area (Å²) in [7, 11) is 1.30. The number of ketones is 1. The molecule has 2 aliphatic rings. The number of fused-ring (bicyclic) bond motifs is 5. The molecule has 0 saturated carbocycles. The topological polar surface area (TPSA) is 186 Å². The third-order valence-corrected chi connectivity index (χ3v) is 12.3. The maximum Gasteiger partial charge on any atom is 0.337 e. The number of anilines is 2. The third kappa shape index (κ3) is 11.2. The Kier molecular flexibility index (Phi) is 16.4. The van der Waals surface area contributed by atoms with E-state index in [-0.39, 0.29) is 38.1 Å². The number of nitrogens with zero attached hydrogens (tertiary/aromatic N) is 10. The molecule has 2 amide bonds. The predicted molar refractivity (Wildman–Crippen MR) is 283 cm³/mol. The van der Waals surface area contributed by atoms with Gasteiger partial charge in [0.05, 0.1) is 78.5 Å². The van der Waals surface area contributed by atoms with Crippen LogP contribution in [0.4, 0.5) is 28.4 Å². The average Bonchev–Trinajstić information content (AvgIpc) is 4.15. The maximum atomic E-state index is 12.5. The van der Waals surface area contributed by atoms with E-state index >= 15 is 0 Å². The van der Waals surface area contributed by atoms with Crippen molar-refractivity contribution in [3.05, 3.63) is 220 Å². The number of halogens is 1. The van der Waals surface area contributed by atoms with E-state index in [1.165, 1.54) is 23.0 Å². The SMILES string of the molecule is N#CCc1ccccn1.[C-]#[N+]c1c(CCl)cn2ccccc12.[C-]#[N+]c1c(CN2C(=O)COc3ccc(C(=O)CO)cc32)cn2ccccc12.[C-]#[N+]c1c(CN2C(=O)COc3ccc(C(=O)OC)cc32)cn2ccccc12. The average molecular weight is 1030 g/mol. The van der Waals surface area contributed by atoms with Gasteiger partial charge < -0.3 is 42.3 Å². The highest BCUT2D eigenvalue weighted by atomic mass is 35.5. The lowest BCUT2D eigenvalue weighted by Crippen LogP contribution is -2.38. The van der Waals surface area contributed by atoms with Gasteiger partial charge in [-0.1, -0.05) is 24.3 Å². The van der Waals surface area contributed by atoms with E-state index in [4.69, 9.17) is 55.9 Å². The highest BCUT2D eigenvalue weighted by molar-refractivity contribution is 6.17. The molecule has 0 aliphatic carbocycles. The summed E-state index contributed by atoms with van der Waals surface area (Å²) in [5.74, 6) is -0.0515. The van der Waals surface area contributed by atoms with Crippen LogP contribution < -0.4 is 19.3 Å². The quantitative estimate of drug-likeness (QED) is 0.0631. The molecule has 18 nitrogen and oxygen atoms in total. The second kappa shape index (κ2) is 24.0. The third-order valence-electron chi connectivity index (χ3n) is 12.0. The minimum Gasteiger partial charge on any atom is -0.482 e. The van der Waals surface area contributed by atoms with Crippen LogP contribution in [0.25, 0.3) is 31.1 Å². The van der Waals surface area contributed by atoms with Crippen LogP contribution >= 0.6 is 11.6 Å². The number of amides is 2. The molecule has 0 unspecified atom stereocenters. The number of benzene rings is 2. The number of hydrogen-bond donors (Lipinski definition) is 1. The molecule has 2 aliphatic heterocycles. The summed E-state index contributed by atoms with van der Waals surface area (Å²) in [6.45, 7) is 21.7. The molecular formula is C57H43ClN10O8. The number of hydrogen-bond acceptors (Lipinski definition) is 10. The van der Waals surface area contributed by atoms with Gasteiger partial charge in [-0.15, -0.1) is 11.6 Å². The van der Waals surface area contributed by atoms with E-state index in [1.54, 1.807) is 36.5 Å². The van der Waals surface area contributed by atoms with Crippen LogP contribution in [0.5, 0.6) is 11.5 Å². The van der Waals surface area contributed by atoms with Crippen molar-refractivity contribution < 1.29 is 38.5 Å². The van der Waals surface area contributed by atoms with Gasteiger partial charge in [0.25, 0.3) is 11.8 Å². The Hall–Kier alpha value is -10.2. The molecule has 0 fully saturated rings. The Bertz CT molecular complexity index is 3660. The number of esters is 1. The number of aliphatic hydroxyl groups excluding tert-OH is 1. The summed E-state index contributed by atoms with van der Waals surface area (Å²) in [5.41, 5.74) is 8.85. The number of nitriles is 1. The van der Waals surface area contributed by atoms with Crippen molar-refractivity contribution in [2.45, 2.75) is 25.4 Å². The van der Waals surface area contributed by atoms with E-state index < -0.39 is 18.4 Å². The van der Waals surface area contributed by atoms with Crippen LogP contribution in [0.3, 0.4) is 0 Å². The first-order valence-corrected chi connectivity index (χ1v) is 23.7. The Balaban J connectivity index is 0.000000146. The molecule has 11 rings (SSSR count). The summed E-state index contributed by atoms with van der Waals surface area (Å²) in [4.78, 5) is 66.5. The highest BCUT2D eigenvalue weighted by Gasteiger charge is 2.30. The number of Topliss-reactive ketones (excluding diaryl/α,β-unsaturated/α-hetero) is 1. The van der Waals surface area contributed by atoms with Crippen LogP contribution in [0, 0.1) is 31.0 Å². The van der Waals surface area contributed by atoms with E-state index in [2.05, 4.69) is 19.5 Å². The molecular weight excluding hydrogens is 988 g/mol. The first-order chi connectivity index (χ1) is 37.0. The summed E-state index contributed by atoms with van der Waals surface area (Å²) < 4.78 is 21.3. The van der Waals surface area contributed by atoms with Crippen LogP contribution in [0.1, 0.15) is 43.1 Å². The molecule has 1 N–H and O–H groups in total. The zero-order chi connectivity index (χ0) is 53.7. The van der Waals surface area contributed by atoms with Crippen molar-refractivity contribution in [3.63, 3.8) is 0 Å². The zero-order valence-corrected chi connectivity index (χ0v) is 41.3. The Morgan fingerprint density at radius 1 is 0.684 bits per heavy atom. The van der Waals surface area contributed by atoms with Crippen molar-refractivity contribution >= 4 is 80.2 Å². The molecule has 376 valence electrons. The fraction of sp³-hybridized carbons (Fsp3) is 0.140. The van der Waals surface area contributed by atoms with E-state index in [9.17, 15) is 19.2 Å². The van der Waals surface area contributed by atoms with Crippen molar-refractivity contribution in [2.24, 2.45) is 0 Å². The zero-order valence-electron chi connectivity index (χ0n) is 40.5. The monoisotopic (exact) mass is 1030 g/mol. The summed E-state index contributed by atoms with van der Waals surface area (Å²) >= 11 is 5.73. The number of carbonyl (C=O) groups is 4. The standard InChI is InChI=1S/2C20H15N3O4.C10H7ClN2.C7H6N2/c1-21-19-14(10-22-8-4-3-5-15(19)22)11-23-16-9-13(20(25)26-2)6-7-17(16)27-12-18(23)24;1-21-20-14(9-22-7-3-2-4-15(20)22)10-23-16-8-13(17(25)11-24)5-6-18(16)27-12-19(23)26;1-12-10-8(6-11)7-13-5-3-2-4-9(10)13;8-5-4-7-3-1-2-6-9-7/h3-10H,11-12H2,2H3;2-9,24H,10-12H2;2-5,7H,6H2;1-3,6H,4H2. The number of ether oxygens (including phenoxy) is 3. The number of aromatic nitrogens is 4. The summed E-state index contributed by atoms with van der Waals surface area (Å²) in [6.07, 6.45) is 13.3. The van der Waals surface area contributed by atoms with Gasteiger partial charge in [0.1, 0.15) is 18.1 Å². The van der Waals surface area contributed by atoms with Crippen LogP contribution in [0.15, 0.2) is 153 Å². The molecule has 0 saturated heterocycles. The first-order valence-electron chi connectivity index (χ1n) is 23.1. The molecule has 0 radical (unpaired) electrons. The van der Waals surface area contributed by atoms with Crippen LogP contribution in [-0.4, -0.2) is 73.8 Å². The number of methoxy groups -OCH3 is 1. The van der Waals surface area contributed by atoms with Gasteiger partial charge in [0.2, 0.25) is 17.1 Å². The van der Waals surface area contributed by atoms with Gasteiger partial charge in [-0.05, 0) is 102 Å². The predicted octanol–water partition coefficient (Wildman–Crippen LogP) is 10.2. The van der Waals surface area contributed by atoms with Crippen molar-refractivity contribution in [2.75, 3.05) is 36.7 Å². The molecule has 0 spiro atoms.